The van der Waals surface area contributed by atoms with E-state index in [2.05, 4.69) is 31.5 Å². The number of halogens is 2. The molecule has 1 amide bonds. The van der Waals surface area contributed by atoms with Crippen LogP contribution < -0.4 is 10.6 Å². The molecule has 0 unspecified atom stereocenters. The second-order valence-electron chi connectivity index (χ2n) is 4.49. The molecule has 1 aromatic heterocycles. The van der Waals surface area contributed by atoms with Gasteiger partial charge in [-0.2, -0.15) is 0 Å². The minimum atomic E-state index is -0.213. The molecule has 0 radical (unpaired) electrons. The standard InChI is InChI=1S/C15H15BrClN3O/c1-18-15(21)9-13(20-14-4-2-3-5-19-14)10-6-11(16)8-12(17)7-10/h2-8,13H,9H2,1H3,(H,18,21)(H,19,20)/t13-/m0/s1. The van der Waals surface area contributed by atoms with Crippen molar-refractivity contribution in [2.24, 2.45) is 0 Å². The second-order valence-corrected chi connectivity index (χ2v) is 5.84. The number of amides is 1. The van der Waals surface area contributed by atoms with Crippen molar-refractivity contribution in [3.63, 3.8) is 0 Å². The molecule has 2 aromatic rings. The number of carbonyl (C=O) groups is 1. The lowest BCUT2D eigenvalue weighted by atomic mass is 10.0. The van der Waals surface area contributed by atoms with E-state index < -0.39 is 0 Å². The van der Waals surface area contributed by atoms with Gasteiger partial charge in [-0.15, -0.1) is 0 Å². The van der Waals surface area contributed by atoms with Crippen molar-refractivity contribution in [1.29, 1.82) is 0 Å². The largest absolute Gasteiger partial charge is 0.363 e. The molecular formula is C15H15BrClN3O. The number of hydrogen-bond acceptors (Lipinski definition) is 3. The van der Waals surface area contributed by atoms with Crippen molar-refractivity contribution in [3.8, 4) is 0 Å². The molecule has 4 nitrogen and oxygen atoms in total. The molecule has 0 aliphatic heterocycles. The van der Waals surface area contributed by atoms with Crippen LogP contribution in [0, 0.1) is 0 Å². The highest BCUT2D eigenvalue weighted by molar-refractivity contribution is 9.10. The zero-order valence-corrected chi connectivity index (χ0v) is 13.8. The monoisotopic (exact) mass is 367 g/mol. The first-order chi connectivity index (χ1) is 10.1. The number of hydrogen-bond donors (Lipinski definition) is 2. The summed E-state index contributed by atoms with van der Waals surface area (Å²) >= 11 is 9.52. The highest BCUT2D eigenvalue weighted by Crippen LogP contribution is 2.27. The molecule has 0 fully saturated rings. The number of nitrogens with one attached hydrogen (secondary N) is 2. The zero-order valence-electron chi connectivity index (χ0n) is 11.4. The molecule has 0 spiro atoms. The van der Waals surface area contributed by atoms with E-state index in [1.165, 1.54) is 0 Å². The van der Waals surface area contributed by atoms with Gasteiger partial charge in [0, 0.05) is 22.7 Å². The second kappa shape index (κ2) is 7.43. The minimum Gasteiger partial charge on any atom is -0.363 e. The molecule has 0 saturated heterocycles. The quantitative estimate of drug-likeness (QED) is 0.844. The fourth-order valence-electron chi connectivity index (χ4n) is 1.94. The lowest BCUT2D eigenvalue weighted by Gasteiger charge is -2.19. The van der Waals surface area contributed by atoms with E-state index in [1.54, 1.807) is 13.2 Å². The molecule has 0 saturated carbocycles. The number of benzene rings is 1. The highest BCUT2D eigenvalue weighted by Gasteiger charge is 2.17. The number of nitrogens with zero attached hydrogens (tertiary/aromatic N) is 1. The Balaban J connectivity index is 2.28. The molecule has 1 heterocycles. The van der Waals surface area contributed by atoms with Crippen molar-refractivity contribution in [2.75, 3.05) is 12.4 Å². The van der Waals surface area contributed by atoms with Gasteiger partial charge in [-0.25, -0.2) is 4.98 Å². The van der Waals surface area contributed by atoms with Crippen LogP contribution in [0.3, 0.4) is 0 Å². The highest BCUT2D eigenvalue weighted by atomic mass is 79.9. The maximum Gasteiger partial charge on any atom is 0.222 e. The first-order valence-corrected chi connectivity index (χ1v) is 7.59. The third-order valence-electron chi connectivity index (χ3n) is 2.94. The lowest BCUT2D eigenvalue weighted by Crippen LogP contribution is -2.24. The Bertz CT molecular complexity index is 601. The normalized spacial score (nSPS) is 11.8. The van der Waals surface area contributed by atoms with Crippen molar-refractivity contribution in [3.05, 3.63) is 57.7 Å². The summed E-state index contributed by atoms with van der Waals surface area (Å²) < 4.78 is 0.870. The third-order valence-corrected chi connectivity index (χ3v) is 3.62. The van der Waals surface area contributed by atoms with Gasteiger partial charge in [0.2, 0.25) is 5.91 Å². The average Bonchev–Trinajstić information content (AvgIpc) is 2.46. The molecule has 21 heavy (non-hydrogen) atoms. The third kappa shape index (κ3) is 4.72. The van der Waals surface area contributed by atoms with Gasteiger partial charge in [0.25, 0.3) is 0 Å². The van der Waals surface area contributed by atoms with E-state index >= 15 is 0 Å². The summed E-state index contributed by atoms with van der Waals surface area (Å²) in [6, 6.07) is 11.0. The van der Waals surface area contributed by atoms with Crippen molar-refractivity contribution in [2.45, 2.75) is 12.5 Å². The van der Waals surface area contributed by atoms with Crippen LogP contribution in [0.2, 0.25) is 5.02 Å². The molecule has 1 aromatic carbocycles. The van der Waals surface area contributed by atoms with Gasteiger partial charge in [-0.1, -0.05) is 33.6 Å². The van der Waals surface area contributed by atoms with Gasteiger partial charge < -0.3 is 10.6 Å². The molecule has 0 aliphatic carbocycles. The van der Waals surface area contributed by atoms with Crippen molar-refractivity contribution in [1.82, 2.24) is 10.3 Å². The van der Waals surface area contributed by atoms with Crippen molar-refractivity contribution >= 4 is 39.3 Å². The Hall–Kier alpha value is -1.59. The Kier molecular flexibility index (Phi) is 5.59. The van der Waals surface area contributed by atoms with Crippen LogP contribution in [0.1, 0.15) is 18.0 Å². The maximum absolute atomic E-state index is 11.7. The number of carbonyl (C=O) groups excluding carboxylic acids is 1. The SMILES string of the molecule is CNC(=O)C[C@H](Nc1ccccn1)c1cc(Cl)cc(Br)c1. The van der Waals surface area contributed by atoms with Gasteiger partial charge in [-0.3, -0.25) is 4.79 Å². The Labute approximate surface area is 137 Å². The first-order valence-electron chi connectivity index (χ1n) is 6.42. The summed E-state index contributed by atoms with van der Waals surface area (Å²) in [5.74, 6) is 0.655. The summed E-state index contributed by atoms with van der Waals surface area (Å²) in [4.78, 5) is 16.0. The summed E-state index contributed by atoms with van der Waals surface area (Å²) in [5.41, 5.74) is 0.920. The molecule has 2 N–H and O–H groups in total. The zero-order chi connectivity index (χ0) is 15.2. The summed E-state index contributed by atoms with van der Waals surface area (Å²) in [7, 11) is 1.62. The van der Waals surface area contributed by atoms with E-state index in [0.717, 1.165) is 10.0 Å². The van der Waals surface area contributed by atoms with Gasteiger partial charge in [-0.05, 0) is 35.9 Å². The molecule has 0 bridgehead atoms. The molecule has 0 aliphatic rings. The van der Waals surface area contributed by atoms with E-state index in [1.807, 2.05) is 36.4 Å². The summed E-state index contributed by atoms with van der Waals surface area (Å²) in [6.45, 7) is 0. The molecule has 6 heteroatoms. The van der Waals surface area contributed by atoms with Crippen LogP contribution in [-0.4, -0.2) is 17.9 Å². The lowest BCUT2D eigenvalue weighted by molar-refractivity contribution is -0.120. The molecule has 110 valence electrons. The smallest absolute Gasteiger partial charge is 0.222 e. The Morgan fingerprint density at radius 2 is 2.19 bits per heavy atom. The predicted octanol–water partition coefficient (Wildman–Crippen LogP) is 3.79. The van der Waals surface area contributed by atoms with E-state index in [9.17, 15) is 4.79 Å². The minimum absolute atomic E-state index is 0.0560. The molecular weight excluding hydrogens is 354 g/mol. The maximum atomic E-state index is 11.7. The molecule has 1 atom stereocenters. The summed E-state index contributed by atoms with van der Waals surface area (Å²) in [6.07, 6.45) is 1.99. The van der Waals surface area contributed by atoms with Gasteiger partial charge >= 0.3 is 0 Å². The van der Waals surface area contributed by atoms with E-state index in [-0.39, 0.29) is 11.9 Å². The topological polar surface area (TPSA) is 54.0 Å². The first kappa shape index (κ1) is 15.8. The van der Waals surface area contributed by atoms with Crippen LogP contribution in [0.25, 0.3) is 0 Å². The number of anilines is 1. The van der Waals surface area contributed by atoms with Crippen molar-refractivity contribution < 1.29 is 4.79 Å². The molecule has 2 rings (SSSR count). The van der Waals surface area contributed by atoms with Gasteiger partial charge in [0.15, 0.2) is 0 Å². The van der Waals surface area contributed by atoms with E-state index in [0.29, 0.717) is 17.3 Å². The van der Waals surface area contributed by atoms with Crippen LogP contribution in [0.15, 0.2) is 47.1 Å². The van der Waals surface area contributed by atoms with E-state index in [4.69, 9.17) is 11.6 Å². The van der Waals surface area contributed by atoms with Gasteiger partial charge in [0.05, 0.1) is 12.5 Å². The summed E-state index contributed by atoms with van der Waals surface area (Å²) in [5, 5.41) is 6.51. The Morgan fingerprint density at radius 1 is 1.38 bits per heavy atom. The number of rotatable bonds is 5. The predicted molar refractivity (Wildman–Crippen MR) is 88.4 cm³/mol. The van der Waals surface area contributed by atoms with Crippen LogP contribution in [0.5, 0.6) is 0 Å². The fraction of sp³-hybridized carbons (Fsp3) is 0.200. The van der Waals surface area contributed by atoms with Crippen LogP contribution >= 0.6 is 27.5 Å². The fourth-order valence-corrected chi connectivity index (χ4v) is 2.83. The van der Waals surface area contributed by atoms with Crippen LogP contribution in [-0.2, 0) is 4.79 Å². The number of aromatic nitrogens is 1. The average molecular weight is 369 g/mol. The van der Waals surface area contributed by atoms with Gasteiger partial charge in [0.1, 0.15) is 5.82 Å². The number of pyridine rings is 1. The Morgan fingerprint density at radius 3 is 2.81 bits per heavy atom. The van der Waals surface area contributed by atoms with Crippen LogP contribution in [0.4, 0.5) is 5.82 Å².